The predicted octanol–water partition coefficient (Wildman–Crippen LogP) is 5.76. The van der Waals surface area contributed by atoms with Crippen LogP contribution in [0.5, 0.6) is 11.5 Å². The van der Waals surface area contributed by atoms with Crippen molar-refractivity contribution in [1.82, 2.24) is 15.5 Å². The summed E-state index contributed by atoms with van der Waals surface area (Å²) in [7, 11) is 6.72. The van der Waals surface area contributed by atoms with Gasteiger partial charge in [0.15, 0.2) is 0 Å². The smallest absolute Gasteiger partial charge is 0.333 e. The molecule has 260 valence electrons. The second-order valence-corrected chi connectivity index (χ2v) is 14.7. The minimum absolute atomic E-state index is 0.0150. The number of hydrogen-bond acceptors (Lipinski definition) is 8. The lowest BCUT2D eigenvalue weighted by atomic mass is 9.77. The Bertz CT molecular complexity index is 1360. The van der Waals surface area contributed by atoms with Crippen molar-refractivity contribution < 1.29 is 28.6 Å². The second-order valence-electron chi connectivity index (χ2n) is 13.1. The van der Waals surface area contributed by atoms with Gasteiger partial charge >= 0.3 is 5.97 Å². The summed E-state index contributed by atoms with van der Waals surface area (Å²) in [6.07, 6.45) is 1.78. The van der Waals surface area contributed by atoms with Gasteiger partial charge in [0.25, 0.3) is 0 Å². The highest BCUT2D eigenvalue weighted by Crippen LogP contribution is 2.35. The van der Waals surface area contributed by atoms with Gasteiger partial charge in [-0.25, -0.2) is 4.79 Å². The molecule has 2 aromatic rings. The molecule has 0 unspecified atom stereocenters. The van der Waals surface area contributed by atoms with Crippen LogP contribution in [0.15, 0.2) is 60.2 Å². The maximum absolute atomic E-state index is 14.5. The Kier molecular flexibility index (Phi) is 14.9. The fourth-order valence-electron chi connectivity index (χ4n) is 5.51. The zero-order valence-electron chi connectivity index (χ0n) is 30.2. The van der Waals surface area contributed by atoms with E-state index in [1.807, 2.05) is 90.1 Å². The van der Waals surface area contributed by atoms with Gasteiger partial charge in [0.1, 0.15) is 17.5 Å². The number of amides is 2. The first-order chi connectivity index (χ1) is 22.0. The maximum atomic E-state index is 14.5. The zero-order valence-corrected chi connectivity index (χ0v) is 31.0. The summed E-state index contributed by atoms with van der Waals surface area (Å²) in [6, 6.07) is 13.5. The Balaban J connectivity index is 2.50. The number of rotatable bonds is 17. The number of esters is 1. The number of nitrogens with zero attached hydrogens (tertiary/aromatic N) is 1. The third-order valence-electron chi connectivity index (χ3n) is 8.60. The van der Waals surface area contributed by atoms with Crippen molar-refractivity contribution in [2.75, 3.05) is 34.9 Å². The predicted molar refractivity (Wildman–Crippen MR) is 191 cm³/mol. The van der Waals surface area contributed by atoms with Crippen LogP contribution in [0.3, 0.4) is 0 Å². The number of thioether (sulfide) groups is 1. The Labute approximate surface area is 286 Å². The fraction of sp³-hybridized carbons (Fsp3) is 0.541. The summed E-state index contributed by atoms with van der Waals surface area (Å²) >= 11 is 1.59. The molecule has 2 amide bonds. The van der Waals surface area contributed by atoms with Crippen LogP contribution >= 0.6 is 11.8 Å². The topological polar surface area (TPSA) is 106 Å². The molecular weight excluding hydrogens is 614 g/mol. The first-order valence-corrected chi connectivity index (χ1v) is 17.0. The van der Waals surface area contributed by atoms with Gasteiger partial charge in [-0.2, -0.15) is 0 Å². The van der Waals surface area contributed by atoms with Crippen LogP contribution in [-0.2, 0) is 30.3 Å². The molecule has 0 aromatic heterocycles. The molecule has 0 aliphatic carbocycles. The maximum Gasteiger partial charge on any atom is 0.333 e. The van der Waals surface area contributed by atoms with Crippen LogP contribution in [0.2, 0.25) is 0 Å². The molecule has 2 N–H and O–H groups in total. The van der Waals surface area contributed by atoms with Crippen LogP contribution in [-0.4, -0.2) is 80.5 Å². The minimum atomic E-state index is -0.900. The van der Waals surface area contributed by atoms with Gasteiger partial charge < -0.3 is 29.7 Å². The average Bonchev–Trinajstić information content (AvgIpc) is 3.04. The first kappa shape index (κ1) is 39.7. The van der Waals surface area contributed by atoms with Gasteiger partial charge in [0.2, 0.25) is 11.8 Å². The van der Waals surface area contributed by atoms with Gasteiger partial charge in [0.05, 0.1) is 32.9 Å². The standard InChI is InChI=1S/C37H55N3O6S/c1-13-46-35(43)25(4)22-30(24(2)3)40(10)34(42)32(37(7,8)47-23-26-14-18-28(44-11)19-15-26)39-33(41)31(38-9)36(5,6)27-16-20-29(45-12)21-17-27/h14-22,24,30-32,38H,13,23H2,1-12H3,(H,39,41)/b25-22+/t30-,31-,32-/m1/s1. The van der Waals surface area contributed by atoms with Gasteiger partial charge in [-0.05, 0) is 76.1 Å². The lowest BCUT2D eigenvalue weighted by molar-refractivity contribution is -0.139. The molecule has 2 aromatic carbocycles. The molecule has 3 atom stereocenters. The van der Waals surface area contributed by atoms with E-state index in [4.69, 9.17) is 14.2 Å². The molecule has 0 bridgehead atoms. The normalized spacial score (nSPS) is 14.2. The largest absolute Gasteiger partial charge is 0.497 e. The Morgan fingerprint density at radius 1 is 0.915 bits per heavy atom. The number of hydrogen-bond donors (Lipinski definition) is 2. The molecule has 47 heavy (non-hydrogen) atoms. The van der Waals surface area contributed by atoms with Crippen molar-refractivity contribution in [3.8, 4) is 11.5 Å². The van der Waals surface area contributed by atoms with E-state index in [2.05, 4.69) is 10.6 Å². The van der Waals surface area contributed by atoms with Crippen LogP contribution in [0.1, 0.15) is 66.5 Å². The average molecular weight is 670 g/mol. The monoisotopic (exact) mass is 669 g/mol. The number of ether oxygens (including phenoxy) is 3. The lowest BCUT2D eigenvalue weighted by Crippen LogP contribution is -2.63. The quantitative estimate of drug-likeness (QED) is 0.162. The highest BCUT2D eigenvalue weighted by molar-refractivity contribution is 7.99. The highest BCUT2D eigenvalue weighted by Gasteiger charge is 2.43. The van der Waals surface area contributed by atoms with Crippen molar-refractivity contribution in [1.29, 1.82) is 0 Å². The SMILES string of the molecule is CCOC(=O)/C(C)=C/[C@H](C(C)C)N(C)C(=O)[C@@H](NC(=O)[C@@H](NC)C(C)(C)c1ccc(OC)cc1)C(C)(C)SCc1ccc(OC)cc1. The summed E-state index contributed by atoms with van der Waals surface area (Å²) in [5, 5.41) is 6.37. The second kappa shape index (κ2) is 17.6. The van der Waals surface area contributed by atoms with E-state index in [9.17, 15) is 14.4 Å². The van der Waals surface area contributed by atoms with E-state index in [-0.39, 0.29) is 24.3 Å². The number of likely N-dealkylation sites (N-methyl/N-ethyl adjacent to an activating group) is 2. The number of benzene rings is 2. The van der Waals surface area contributed by atoms with Crippen LogP contribution in [0.4, 0.5) is 0 Å². The van der Waals surface area contributed by atoms with Crippen molar-refractivity contribution in [2.45, 2.75) is 89.4 Å². The third-order valence-corrected chi connectivity index (χ3v) is 10.1. The van der Waals surface area contributed by atoms with E-state index in [1.54, 1.807) is 64.9 Å². The molecule has 9 nitrogen and oxygen atoms in total. The minimum Gasteiger partial charge on any atom is -0.497 e. The van der Waals surface area contributed by atoms with Crippen LogP contribution < -0.4 is 20.1 Å². The number of carbonyl (C=O) groups excluding carboxylic acids is 3. The third kappa shape index (κ3) is 10.5. The lowest BCUT2D eigenvalue weighted by Gasteiger charge is -2.41. The molecule has 0 spiro atoms. The summed E-state index contributed by atoms with van der Waals surface area (Å²) < 4.78 is 15.1. The number of methoxy groups -OCH3 is 2. The Morgan fingerprint density at radius 2 is 1.45 bits per heavy atom. The molecule has 2 rings (SSSR count). The summed E-state index contributed by atoms with van der Waals surface area (Å²) in [6.45, 7) is 15.7. The number of carbonyl (C=O) groups is 3. The van der Waals surface area contributed by atoms with Crippen molar-refractivity contribution in [3.63, 3.8) is 0 Å². The molecule has 0 radical (unpaired) electrons. The van der Waals surface area contributed by atoms with E-state index < -0.39 is 34.3 Å². The summed E-state index contributed by atoms with van der Waals surface area (Å²) in [4.78, 5) is 42.9. The molecule has 0 saturated heterocycles. The van der Waals surface area contributed by atoms with E-state index in [0.29, 0.717) is 11.3 Å². The van der Waals surface area contributed by atoms with Crippen LogP contribution in [0.25, 0.3) is 0 Å². The molecule has 0 heterocycles. The van der Waals surface area contributed by atoms with Gasteiger partial charge in [-0.15, -0.1) is 11.8 Å². The van der Waals surface area contributed by atoms with Crippen molar-refractivity contribution in [2.24, 2.45) is 5.92 Å². The van der Waals surface area contributed by atoms with Crippen LogP contribution in [0, 0.1) is 5.92 Å². The number of nitrogens with one attached hydrogen (secondary N) is 2. The summed E-state index contributed by atoms with van der Waals surface area (Å²) in [5.74, 6) is 1.13. The van der Waals surface area contributed by atoms with E-state index in [1.165, 1.54) is 0 Å². The fourth-order valence-corrected chi connectivity index (χ4v) is 6.57. The molecule has 0 aliphatic rings. The molecular formula is C37H55N3O6S. The Morgan fingerprint density at radius 3 is 1.91 bits per heavy atom. The van der Waals surface area contributed by atoms with Gasteiger partial charge in [0, 0.05) is 28.5 Å². The summed E-state index contributed by atoms with van der Waals surface area (Å²) in [5.41, 5.74) is 1.80. The van der Waals surface area contributed by atoms with Gasteiger partial charge in [-0.1, -0.05) is 58.0 Å². The van der Waals surface area contributed by atoms with Gasteiger partial charge in [-0.3, -0.25) is 9.59 Å². The molecule has 0 fully saturated rings. The first-order valence-electron chi connectivity index (χ1n) is 16.0. The van der Waals surface area contributed by atoms with Crippen molar-refractivity contribution in [3.05, 3.63) is 71.3 Å². The zero-order chi connectivity index (χ0) is 35.5. The highest BCUT2D eigenvalue weighted by atomic mass is 32.2. The Hall–Kier alpha value is -3.50. The molecule has 0 saturated carbocycles. The van der Waals surface area contributed by atoms with E-state index in [0.717, 1.165) is 22.6 Å². The van der Waals surface area contributed by atoms with E-state index >= 15 is 0 Å². The molecule has 0 aliphatic heterocycles. The molecule has 10 heteroatoms. The van der Waals surface area contributed by atoms with Crippen molar-refractivity contribution >= 4 is 29.5 Å².